The maximum absolute atomic E-state index is 6.18. The quantitative estimate of drug-likeness (QED) is 0.802. The van der Waals surface area contributed by atoms with Crippen molar-refractivity contribution in [3.8, 4) is 0 Å². The van der Waals surface area contributed by atoms with Gasteiger partial charge in [-0.3, -0.25) is 9.80 Å². The maximum Gasteiger partial charge on any atom is 0.117 e. The Morgan fingerprint density at radius 3 is 3.08 bits per heavy atom. The molecule has 0 unspecified atom stereocenters. The van der Waals surface area contributed by atoms with Gasteiger partial charge in [0.2, 0.25) is 0 Å². The zero-order valence-corrected chi connectivity index (χ0v) is 15.1. The number of hydrogen-bond donors (Lipinski definition) is 0. The van der Waals surface area contributed by atoms with Crippen LogP contribution in [0.15, 0.2) is 40.3 Å². The van der Waals surface area contributed by atoms with Gasteiger partial charge in [-0.05, 0) is 49.5 Å². The first-order chi connectivity index (χ1) is 11.8. The second kappa shape index (κ2) is 7.40. The Labute approximate surface area is 148 Å². The summed E-state index contributed by atoms with van der Waals surface area (Å²) in [6, 6.07) is 8.39. The Bertz CT molecular complexity index is 613. The third-order valence-corrected chi connectivity index (χ3v) is 6.21. The lowest BCUT2D eigenvalue weighted by Gasteiger charge is -2.36. The molecule has 0 aliphatic carbocycles. The van der Waals surface area contributed by atoms with Crippen LogP contribution < -0.4 is 0 Å². The molecule has 0 N–H and O–H groups in total. The van der Waals surface area contributed by atoms with Crippen molar-refractivity contribution in [2.45, 2.75) is 25.6 Å². The molecule has 0 saturated carbocycles. The highest BCUT2D eigenvalue weighted by atomic mass is 32.1. The Kier molecular flexibility index (Phi) is 5.03. The standard InChI is InChI=1S/C19H26N2O2S/c1-20(10-16-4-2-8-22-16)13-19-18-12-21(7-6-15(18)14-23-19)11-17-5-3-9-24-17/h2-5,8-9,15,18-19H,6-7,10-14H2,1H3/t15-,18-,19+/m1/s1. The van der Waals surface area contributed by atoms with Crippen LogP contribution in [0.1, 0.15) is 17.1 Å². The van der Waals surface area contributed by atoms with Crippen LogP contribution in [-0.4, -0.2) is 49.2 Å². The van der Waals surface area contributed by atoms with Gasteiger partial charge in [-0.2, -0.15) is 0 Å². The number of furan rings is 1. The van der Waals surface area contributed by atoms with Crippen molar-refractivity contribution >= 4 is 11.3 Å². The first kappa shape index (κ1) is 16.3. The van der Waals surface area contributed by atoms with Gasteiger partial charge >= 0.3 is 0 Å². The molecule has 2 aromatic heterocycles. The topological polar surface area (TPSA) is 28.9 Å². The minimum Gasteiger partial charge on any atom is -0.468 e. The van der Waals surface area contributed by atoms with Gasteiger partial charge in [0.05, 0.1) is 25.5 Å². The normalized spacial score (nSPS) is 27.7. The smallest absolute Gasteiger partial charge is 0.117 e. The van der Waals surface area contributed by atoms with Gasteiger partial charge in [0.25, 0.3) is 0 Å². The Balaban J connectivity index is 1.33. The minimum absolute atomic E-state index is 0.348. The van der Waals surface area contributed by atoms with E-state index in [1.165, 1.54) is 24.4 Å². The van der Waals surface area contributed by atoms with E-state index in [4.69, 9.17) is 9.15 Å². The lowest BCUT2D eigenvalue weighted by atomic mass is 9.84. The summed E-state index contributed by atoms with van der Waals surface area (Å²) < 4.78 is 11.6. The SMILES string of the molecule is CN(Cc1ccco1)C[C@@H]1OC[C@H]2CCN(Cc3cccs3)C[C@H]21. The monoisotopic (exact) mass is 346 g/mol. The highest BCUT2D eigenvalue weighted by Gasteiger charge is 2.41. The highest BCUT2D eigenvalue weighted by Crippen LogP contribution is 2.35. The second-order valence-electron chi connectivity index (χ2n) is 7.17. The Morgan fingerprint density at radius 1 is 1.33 bits per heavy atom. The average molecular weight is 346 g/mol. The van der Waals surface area contributed by atoms with E-state index in [1.54, 1.807) is 6.26 Å². The summed E-state index contributed by atoms with van der Waals surface area (Å²) >= 11 is 1.86. The molecule has 4 nitrogen and oxygen atoms in total. The van der Waals surface area contributed by atoms with Crippen LogP contribution in [0.25, 0.3) is 0 Å². The average Bonchev–Trinajstić information content (AvgIpc) is 3.31. The molecule has 2 aromatic rings. The predicted molar refractivity (Wildman–Crippen MR) is 96.0 cm³/mol. The van der Waals surface area contributed by atoms with Crippen molar-refractivity contribution in [3.63, 3.8) is 0 Å². The molecule has 2 aliphatic heterocycles. The van der Waals surface area contributed by atoms with Crippen LogP contribution in [0.4, 0.5) is 0 Å². The fourth-order valence-corrected chi connectivity index (χ4v) is 4.84. The zero-order valence-electron chi connectivity index (χ0n) is 14.3. The lowest BCUT2D eigenvalue weighted by molar-refractivity contribution is 0.0461. The van der Waals surface area contributed by atoms with Gasteiger partial charge in [-0.15, -0.1) is 11.3 Å². The van der Waals surface area contributed by atoms with Crippen LogP contribution in [0.3, 0.4) is 0 Å². The minimum atomic E-state index is 0.348. The number of hydrogen-bond acceptors (Lipinski definition) is 5. The number of rotatable bonds is 6. The lowest BCUT2D eigenvalue weighted by Crippen LogP contribution is -2.44. The first-order valence-corrected chi connectivity index (χ1v) is 9.73. The summed E-state index contributed by atoms with van der Waals surface area (Å²) in [5, 5.41) is 2.17. The highest BCUT2D eigenvalue weighted by molar-refractivity contribution is 7.09. The Hall–Kier alpha value is -1.14. The molecule has 2 aliphatic rings. The van der Waals surface area contributed by atoms with E-state index in [-0.39, 0.29) is 0 Å². The fourth-order valence-electron chi connectivity index (χ4n) is 4.09. The number of likely N-dealkylation sites (tertiary alicyclic amines) is 1. The summed E-state index contributed by atoms with van der Waals surface area (Å²) in [4.78, 5) is 6.41. The van der Waals surface area contributed by atoms with Gasteiger partial charge in [0, 0.05) is 30.4 Å². The molecule has 0 spiro atoms. The van der Waals surface area contributed by atoms with E-state index in [2.05, 4.69) is 34.4 Å². The third-order valence-electron chi connectivity index (χ3n) is 5.35. The molecule has 0 amide bonds. The molecule has 2 saturated heterocycles. The largest absolute Gasteiger partial charge is 0.468 e. The number of ether oxygens (including phenoxy) is 1. The molecule has 4 rings (SSSR count). The molecule has 24 heavy (non-hydrogen) atoms. The first-order valence-electron chi connectivity index (χ1n) is 8.85. The van der Waals surface area contributed by atoms with Crippen LogP contribution in [0, 0.1) is 11.8 Å². The van der Waals surface area contributed by atoms with E-state index >= 15 is 0 Å². The second-order valence-corrected chi connectivity index (χ2v) is 8.21. The maximum atomic E-state index is 6.18. The summed E-state index contributed by atoms with van der Waals surface area (Å²) in [7, 11) is 2.16. The van der Waals surface area contributed by atoms with Crippen LogP contribution in [0.5, 0.6) is 0 Å². The van der Waals surface area contributed by atoms with Crippen molar-refractivity contribution in [1.29, 1.82) is 0 Å². The van der Waals surface area contributed by atoms with Gasteiger partial charge in [-0.1, -0.05) is 6.07 Å². The summed E-state index contributed by atoms with van der Waals surface area (Å²) in [5.74, 6) is 2.43. The van der Waals surface area contributed by atoms with E-state index in [9.17, 15) is 0 Å². The third kappa shape index (κ3) is 3.75. The predicted octanol–water partition coefficient (Wildman–Crippen LogP) is 3.31. The van der Waals surface area contributed by atoms with Gasteiger partial charge < -0.3 is 9.15 Å². The van der Waals surface area contributed by atoms with Crippen molar-refractivity contribution in [1.82, 2.24) is 9.80 Å². The number of nitrogens with zero attached hydrogens (tertiary/aromatic N) is 2. The van der Waals surface area contributed by atoms with Crippen LogP contribution in [-0.2, 0) is 17.8 Å². The number of fused-ring (bicyclic) bond motifs is 1. The molecule has 5 heteroatoms. The van der Waals surface area contributed by atoms with E-state index < -0.39 is 0 Å². The molecule has 2 fully saturated rings. The molecular weight excluding hydrogens is 320 g/mol. The summed E-state index contributed by atoms with van der Waals surface area (Å²) in [6.45, 7) is 6.24. The van der Waals surface area contributed by atoms with Gasteiger partial charge in [-0.25, -0.2) is 0 Å². The summed E-state index contributed by atoms with van der Waals surface area (Å²) in [5.41, 5.74) is 0. The van der Waals surface area contributed by atoms with Crippen molar-refractivity contribution in [2.75, 3.05) is 33.3 Å². The summed E-state index contributed by atoms with van der Waals surface area (Å²) in [6.07, 6.45) is 3.37. The fraction of sp³-hybridized carbons (Fsp3) is 0.579. The van der Waals surface area contributed by atoms with E-state index in [0.29, 0.717) is 12.0 Å². The van der Waals surface area contributed by atoms with Crippen molar-refractivity contribution in [2.24, 2.45) is 11.8 Å². The molecule has 0 bridgehead atoms. The van der Waals surface area contributed by atoms with Crippen molar-refractivity contribution in [3.05, 3.63) is 46.5 Å². The van der Waals surface area contributed by atoms with Crippen molar-refractivity contribution < 1.29 is 9.15 Å². The molecule has 0 radical (unpaired) electrons. The molecule has 3 atom stereocenters. The van der Waals surface area contributed by atoms with E-state index in [1.807, 2.05) is 23.5 Å². The van der Waals surface area contributed by atoms with E-state index in [0.717, 1.165) is 37.9 Å². The Morgan fingerprint density at radius 2 is 2.29 bits per heavy atom. The number of piperidine rings is 1. The van der Waals surface area contributed by atoms with Crippen LogP contribution >= 0.6 is 11.3 Å². The molecule has 4 heterocycles. The molecule has 130 valence electrons. The number of thiophene rings is 1. The molecular formula is C19H26N2O2S. The number of likely N-dealkylation sites (N-methyl/N-ethyl adjacent to an activating group) is 1. The van der Waals surface area contributed by atoms with Crippen LogP contribution in [0.2, 0.25) is 0 Å². The van der Waals surface area contributed by atoms with Gasteiger partial charge in [0.15, 0.2) is 0 Å². The zero-order chi connectivity index (χ0) is 16.4. The molecule has 0 aromatic carbocycles. The van der Waals surface area contributed by atoms with Gasteiger partial charge in [0.1, 0.15) is 5.76 Å².